The third kappa shape index (κ3) is 3.24. The van der Waals surface area contributed by atoms with Gasteiger partial charge in [0.05, 0.1) is 18.7 Å². The van der Waals surface area contributed by atoms with E-state index in [0.29, 0.717) is 22.6 Å². The molecular weight excluding hydrogens is 384 g/mol. The maximum Gasteiger partial charge on any atom is 0.301 e. The summed E-state index contributed by atoms with van der Waals surface area (Å²) in [6.07, 6.45) is 0. The molecule has 0 bridgehead atoms. The monoisotopic (exact) mass is 404 g/mol. The number of rotatable bonds is 4. The highest BCUT2D eigenvalue weighted by molar-refractivity contribution is 6.51. The van der Waals surface area contributed by atoms with Gasteiger partial charge < -0.3 is 14.4 Å². The molecule has 0 saturated carbocycles. The summed E-state index contributed by atoms with van der Waals surface area (Å²) in [7, 11) is 1.54. The summed E-state index contributed by atoms with van der Waals surface area (Å²) < 4.78 is 10.3. The van der Waals surface area contributed by atoms with Crippen LogP contribution < -0.4 is 9.64 Å². The minimum Gasteiger partial charge on any atom is -0.507 e. The number of carbonyl (C=O) groups is 2. The van der Waals surface area contributed by atoms with E-state index in [0.717, 1.165) is 5.56 Å². The van der Waals surface area contributed by atoms with Crippen molar-refractivity contribution in [1.82, 2.24) is 5.16 Å². The van der Waals surface area contributed by atoms with Gasteiger partial charge in [-0.25, -0.2) is 0 Å². The predicted octanol–water partition coefficient (Wildman–Crippen LogP) is 3.93. The number of benzene rings is 2. The highest BCUT2D eigenvalue weighted by Gasteiger charge is 2.48. The standard InChI is InChI=1S/C23H20N2O5/c1-13-4-6-15(7-5-13)20-19(21(26)16-8-10-17(29-3)11-9-16)22(27)23(28)25(20)18-12-14(2)30-24-18/h4-12,20,26H,1-3H3/b21-19+/t20-/m1/s1. The molecule has 1 atom stereocenters. The average molecular weight is 404 g/mol. The van der Waals surface area contributed by atoms with Crippen LogP contribution in [0.4, 0.5) is 5.82 Å². The Morgan fingerprint density at radius 2 is 1.73 bits per heavy atom. The molecule has 1 N–H and O–H groups in total. The minimum atomic E-state index is -0.836. The largest absolute Gasteiger partial charge is 0.507 e. The maximum atomic E-state index is 13.0. The van der Waals surface area contributed by atoms with Crippen LogP contribution in [0.25, 0.3) is 5.76 Å². The molecule has 1 aromatic heterocycles. The van der Waals surface area contributed by atoms with Gasteiger partial charge in [-0.2, -0.15) is 0 Å². The second kappa shape index (κ2) is 7.51. The van der Waals surface area contributed by atoms with Crippen LogP contribution in [-0.2, 0) is 9.59 Å². The SMILES string of the molecule is COc1ccc(/C(O)=C2\C(=O)C(=O)N(c3cc(C)on3)[C@@H]2c2ccc(C)cc2)cc1. The van der Waals surface area contributed by atoms with Gasteiger partial charge in [-0.05, 0) is 43.7 Å². The topological polar surface area (TPSA) is 92.9 Å². The Morgan fingerprint density at radius 1 is 1.07 bits per heavy atom. The first kappa shape index (κ1) is 19.4. The number of aryl methyl sites for hydroxylation is 2. The van der Waals surface area contributed by atoms with Gasteiger partial charge in [-0.15, -0.1) is 0 Å². The Labute approximate surface area is 173 Å². The van der Waals surface area contributed by atoms with E-state index in [4.69, 9.17) is 9.26 Å². The van der Waals surface area contributed by atoms with E-state index in [-0.39, 0.29) is 17.2 Å². The molecule has 3 aromatic rings. The van der Waals surface area contributed by atoms with Gasteiger partial charge in [0.15, 0.2) is 5.82 Å². The number of anilines is 1. The van der Waals surface area contributed by atoms with Crippen LogP contribution in [0.5, 0.6) is 5.75 Å². The first-order valence-electron chi connectivity index (χ1n) is 9.36. The van der Waals surface area contributed by atoms with E-state index < -0.39 is 17.7 Å². The number of Topliss-reactive ketones (excluding diaryl/α,β-unsaturated/α-hetero) is 1. The molecule has 0 radical (unpaired) electrons. The lowest BCUT2D eigenvalue weighted by Crippen LogP contribution is -2.29. The number of aromatic nitrogens is 1. The van der Waals surface area contributed by atoms with Gasteiger partial charge >= 0.3 is 5.91 Å². The van der Waals surface area contributed by atoms with E-state index in [2.05, 4.69) is 5.16 Å². The van der Waals surface area contributed by atoms with Crippen molar-refractivity contribution in [2.75, 3.05) is 12.0 Å². The highest BCUT2D eigenvalue weighted by Crippen LogP contribution is 2.42. The van der Waals surface area contributed by atoms with Crippen LogP contribution in [0, 0.1) is 13.8 Å². The lowest BCUT2D eigenvalue weighted by molar-refractivity contribution is -0.132. The summed E-state index contributed by atoms with van der Waals surface area (Å²) in [5, 5.41) is 14.9. The van der Waals surface area contributed by atoms with Crippen molar-refractivity contribution in [1.29, 1.82) is 0 Å². The van der Waals surface area contributed by atoms with Crippen molar-refractivity contribution in [2.24, 2.45) is 0 Å². The first-order chi connectivity index (χ1) is 14.4. The van der Waals surface area contributed by atoms with Gasteiger partial charge in [0.25, 0.3) is 5.78 Å². The number of aliphatic hydroxyl groups is 1. The van der Waals surface area contributed by atoms with Crippen LogP contribution in [-0.4, -0.2) is 29.1 Å². The van der Waals surface area contributed by atoms with Crippen molar-refractivity contribution < 1.29 is 24.0 Å². The lowest BCUT2D eigenvalue weighted by Gasteiger charge is -2.23. The molecule has 1 saturated heterocycles. The zero-order valence-electron chi connectivity index (χ0n) is 16.7. The van der Waals surface area contributed by atoms with Crippen LogP contribution in [0.15, 0.2) is 64.7 Å². The zero-order chi connectivity index (χ0) is 21.4. The quantitative estimate of drug-likeness (QED) is 0.402. The van der Waals surface area contributed by atoms with E-state index in [1.165, 1.54) is 12.0 Å². The summed E-state index contributed by atoms with van der Waals surface area (Å²) in [5.74, 6) is -0.485. The molecule has 1 amide bonds. The summed E-state index contributed by atoms with van der Waals surface area (Å²) in [4.78, 5) is 27.2. The Bertz CT molecular complexity index is 1140. The Balaban J connectivity index is 1.91. The number of amides is 1. The highest BCUT2D eigenvalue weighted by atomic mass is 16.5. The number of nitrogens with zero attached hydrogens (tertiary/aromatic N) is 2. The van der Waals surface area contributed by atoms with Crippen LogP contribution in [0.1, 0.15) is 28.5 Å². The molecule has 1 aliphatic rings. The number of hydrogen-bond acceptors (Lipinski definition) is 6. The molecule has 152 valence electrons. The molecule has 0 unspecified atom stereocenters. The van der Waals surface area contributed by atoms with Crippen LogP contribution in [0.3, 0.4) is 0 Å². The van der Waals surface area contributed by atoms with Crippen LogP contribution in [0.2, 0.25) is 0 Å². The summed E-state index contributed by atoms with van der Waals surface area (Å²) in [6, 6.07) is 14.8. The molecule has 4 rings (SSSR count). The molecule has 1 aliphatic heterocycles. The molecular formula is C23H20N2O5. The number of aliphatic hydroxyl groups excluding tert-OH is 1. The number of methoxy groups -OCH3 is 1. The Morgan fingerprint density at radius 3 is 2.30 bits per heavy atom. The third-order valence-electron chi connectivity index (χ3n) is 5.06. The molecule has 0 aliphatic carbocycles. The van der Waals surface area contributed by atoms with Crippen LogP contribution >= 0.6 is 0 Å². The smallest absolute Gasteiger partial charge is 0.301 e. The average Bonchev–Trinajstić information content (AvgIpc) is 3.29. The van der Waals surface area contributed by atoms with E-state index in [1.54, 1.807) is 37.3 Å². The maximum absolute atomic E-state index is 13.0. The van der Waals surface area contributed by atoms with Crippen molar-refractivity contribution >= 4 is 23.3 Å². The van der Waals surface area contributed by atoms with Gasteiger partial charge in [-0.3, -0.25) is 14.5 Å². The normalized spacial score (nSPS) is 18.1. The number of ketones is 1. The summed E-state index contributed by atoms with van der Waals surface area (Å²) >= 11 is 0. The molecule has 30 heavy (non-hydrogen) atoms. The first-order valence-corrected chi connectivity index (χ1v) is 9.36. The van der Waals surface area contributed by atoms with Crippen molar-refractivity contribution in [3.8, 4) is 5.75 Å². The number of carbonyl (C=O) groups excluding carboxylic acids is 2. The zero-order valence-corrected chi connectivity index (χ0v) is 16.7. The Kier molecular flexibility index (Phi) is 4.87. The fourth-order valence-corrected chi connectivity index (χ4v) is 3.50. The molecule has 7 heteroatoms. The minimum absolute atomic E-state index is 0.00493. The van der Waals surface area contributed by atoms with E-state index in [9.17, 15) is 14.7 Å². The molecule has 2 aromatic carbocycles. The van der Waals surface area contributed by atoms with Gasteiger partial charge in [-0.1, -0.05) is 35.0 Å². The van der Waals surface area contributed by atoms with Crippen molar-refractivity contribution in [2.45, 2.75) is 19.9 Å². The second-order valence-electron chi connectivity index (χ2n) is 7.10. The fourth-order valence-electron chi connectivity index (χ4n) is 3.50. The number of hydrogen-bond donors (Lipinski definition) is 1. The third-order valence-corrected chi connectivity index (χ3v) is 5.06. The van der Waals surface area contributed by atoms with Gasteiger partial charge in [0.2, 0.25) is 0 Å². The van der Waals surface area contributed by atoms with Crippen molar-refractivity contribution in [3.63, 3.8) is 0 Å². The molecule has 0 spiro atoms. The summed E-state index contributed by atoms with van der Waals surface area (Å²) in [5.41, 5.74) is 2.11. The lowest BCUT2D eigenvalue weighted by atomic mass is 9.94. The van der Waals surface area contributed by atoms with Gasteiger partial charge in [0.1, 0.15) is 17.3 Å². The number of ether oxygens (including phenoxy) is 1. The van der Waals surface area contributed by atoms with Crippen molar-refractivity contribution in [3.05, 3.63) is 82.6 Å². The van der Waals surface area contributed by atoms with Gasteiger partial charge in [0, 0.05) is 11.6 Å². The molecule has 7 nitrogen and oxygen atoms in total. The van der Waals surface area contributed by atoms with E-state index >= 15 is 0 Å². The molecule has 1 fully saturated rings. The fraction of sp³-hybridized carbons (Fsp3) is 0.174. The Hall–Kier alpha value is -3.87. The van der Waals surface area contributed by atoms with E-state index in [1.807, 2.05) is 31.2 Å². The predicted molar refractivity (Wildman–Crippen MR) is 110 cm³/mol. The molecule has 2 heterocycles. The summed E-state index contributed by atoms with van der Waals surface area (Å²) in [6.45, 7) is 3.64. The second-order valence-corrected chi connectivity index (χ2v) is 7.10.